The molecule has 7 heteroatoms. The van der Waals surface area contributed by atoms with Gasteiger partial charge in [0.1, 0.15) is 13.2 Å². The van der Waals surface area contributed by atoms with Crippen LogP contribution in [-0.2, 0) is 28.8 Å². The Morgan fingerprint density at radius 1 is 1.04 bits per heavy atom. The smallest absolute Gasteiger partial charge is 0.358 e. The van der Waals surface area contributed by atoms with Crippen LogP contribution in [-0.4, -0.2) is 41.8 Å². The number of hydrogen-bond acceptors (Lipinski definition) is 6. The zero-order valence-electron chi connectivity index (χ0n) is 13.8. The number of carbonyl (C=O) groups is 4. The Morgan fingerprint density at radius 3 is 2.30 bits per heavy atom. The Balaban J connectivity index is 2.06. The largest absolute Gasteiger partial charge is 0.362 e. The highest BCUT2D eigenvalue weighted by molar-refractivity contribution is 6.01. The number of ether oxygens (including phenoxy) is 1. The number of imide groups is 1. The van der Waals surface area contributed by atoms with Crippen LogP contribution in [0.2, 0.25) is 0 Å². The molecular weight excluding hydrogens is 302 g/mol. The summed E-state index contributed by atoms with van der Waals surface area (Å²) in [5, 5.41) is 0.461. The van der Waals surface area contributed by atoms with Crippen molar-refractivity contribution in [1.82, 2.24) is 5.06 Å². The second kappa shape index (κ2) is 10.1. The first kappa shape index (κ1) is 19.3. The minimum atomic E-state index is -0.863. The maximum absolute atomic E-state index is 11.6. The van der Waals surface area contributed by atoms with Gasteiger partial charge in [-0.05, 0) is 12.3 Å². The SMILES string of the molecule is CC(C)CCCCCC(=O)COCC(=O)ON1C(=O)CCC1=O. The van der Waals surface area contributed by atoms with Crippen molar-refractivity contribution in [1.29, 1.82) is 0 Å². The summed E-state index contributed by atoms with van der Waals surface area (Å²) in [7, 11) is 0. The van der Waals surface area contributed by atoms with E-state index >= 15 is 0 Å². The van der Waals surface area contributed by atoms with Gasteiger partial charge < -0.3 is 9.57 Å². The van der Waals surface area contributed by atoms with Gasteiger partial charge in [-0.25, -0.2) is 4.79 Å². The van der Waals surface area contributed by atoms with Crippen molar-refractivity contribution in [3.63, 3.8) is 0 Å². The molecule has 0 aromatic rings. The molecule has 23 heavy (non-hydrogen) atoms. The van der Waals surface area contributed by atoms with Gasteiger partial charge in [0.25, 0.3) is 11.8 Å². The van der Waals surface area contributed by atoms with Gasteiger partial charge in [-0.2, -0.15) is 0 Å². The predicted molar refractivity (Wildman–Crippen MR) is 80.9 cm³/mol. The van der Waals surface area contributed by atoms with Crippen LogP contribution < -0.4 is 0 Å². The molecular formula is C16H25NO6. The minimum Gasteiger partial charge on any atom is -0.362 e. The lowest BCUT2D eigenvalue weighted by Crippen LogP contribution is -2.33. The Bertz CT molecular complexity index is 430. The number of ketones is 1. The zero-order chi connectivity index (χ0) is 17.2. The summed E-state index contributed by atoms with van der Waals surface area (Å²) in [5.74, 6) is -1.34. The third kappa shape index (κ3) is 7.88. The Labute approximate surface area is 136 Å². The monoisotopic (exact) mass is 327 g/mol. The van der Waals surface area contributed by atoms with E-state index in [9.17, 15) is 19.2 Å². The summed E-state index contributed by atoms with van der Waals surface area (Å²) in [6.07, 6.45) is 4.60. The van der Waals surface area contributed by atoms with Crippen molar-refractivity contribution >= 4 is 23.6 Å². The zero-order valence-corrected chi connectivity index (χ0v) is 13.8. The molecule has 1 aliphatic heterocycles. The number of carbonyl (C=O) groups excluding carboxylic acids is 4. The van der Waals surface area contributed by atoms with Crippen molar-refractivity contribution in [2.45, 2.75) is 58.8 Å². The van der Waals surface area contributed by atoms with Crippen molar-refractivity contribution in [2.75, 3.05) is 13.2 Å². The third-order valence-electron chi connectivity index (χ3n) is 3.42. The molecule has 0 bridgehead atoms. The van der Waals surface area contributed by atoms with E-state index in [2.05, 4.69) is 18.7 Å². The average molecular weight is 327 g/mol. The molecule has 0 saturated carbocycles. The van der Waals surface area contributed by atoms with Crippen LogP contribution >= 0.6 is 0 Å². The molecule has 0 spiro atoms. The molecule has 1 saturated heterocycles. The maximum atomic E-state index is 11.6. The second-order valence-electron chi connectivity index (χ2n) is 6.07. The van der Waals surface area contributed by atoms with Crippen LogP contribution in [0.4, 0.5) is 0 Å². The van der Waals surface area contributed by atoms with Gasteiger partial charge in [-0.1, -0.05) is 33.1 Å². The number of Topliss-reactive ketones (excluding diaryl/α,β-unsaturated/α-hetero) is 1. The Kier molecular flexibility index (Phi) is 8.47. The summed E-state index contributed by atoms with van der Waals surface area (Å²) in [6, 6.07) is 0. The summed E-state index contributed by atoms with van der Waals surface area (Å²) >= 11 is 0. The lowest BCUT2D eigenvalue weighted by atomic mass is 10.0. The molecule has 0 aliphatic carbocycles. The highest BCUT2D eigenvalue weighted by atomic mass is 16.7. The van der Waals surface area contributed by atoms with Gasteiger partial charge in [-0.3, -0.25) is 14.4 Å². The molecule has 0 aromatic carbocycles. The van der Waals surface area contributed by atoms with Crippen molar-refractivity contribution in [3.05, 3.63) is 0 Å². The fourth-order valence-corrected chi connectivity index (χ4v) is 2.16. The Hall–Kier alpha value is -1.76. The molecule has 0 aromatic heterocycles. The number of hydroxylamine groups is 2. The minimum absolute atomic E-state index is 0.0439. The quantitative estimate of drug-likeness (QED) is 0.424. The van der Waals surface area contributed by atoms with E-state index in [0.29, 0.717) is 17.4 Å². The molecule has 1 fully saturated rings. The summed E-state index contributed by atoms with van der Waals surface area (Å²) < 4.78 is 4.96. The summed E-state index contributed by atoms with van der Waals surface area (Å²) in [4.78, 5) is 50.1. The van der Waals surface area contributed by atoms with Crippen LogP contribution in [0.5, 0.6) is 0 Å². The fraction of sp³-hybridized carbons (Fsp3) is 0.750. The number of rotatable bonds is 11. The van der Waals surface area contributed by atoms with Crippen LogP contribution in [0, 0.1) is 5.92 Å². The molecule has 2 amide bonds. The highest BCUT2D eigenvalue weighted by Crippen LogP contribution is 2.12. The highest BCUT2D eigenvalue weighted by Gasteiger charge is 2.32. The molecule has 1 rings (SSSR count). The van der Waals surface area contributed by atoms with Crippen LogP contribution in [0.15, 0.2) is 0 Å². The topological polar surface area (TPSA) is 90.0 Å². The lowest BCUT2D eigenvalue weighted by molar-refractivity contribution is -0.200. The second-order valence-corrected chi connectivity index (χ2v) is 6.07. The van der Waals surface area contributed by atoms with Gasteiger partial charge >= 0.3 is 5.97 Å². The standard InChI is InChI=1S/C16H25NO6/c1-12(2)6-4-3-5-7-13(18)10-22-11-16(21)23-17-14(19)8-9-15(17)20/h12H,3-11H2,1-2H3. The number of hydrogen-bond donors (Lipinski definition) is 0. The third-order valence-corrected chi connectivity index (χ3v) is 3.42. The number of unbranched alkanes of at least 4 members (excludes halogenated alkanes) is 2. The number of amides is 2. The van der Waals surface area contributed by atoms with E-state index in [-0.39, 0.29) is 25.2 Å². The van der Waals surface area contributed by atoms with E-state index in [1.165, 1.54) is 0 Å². The maximum Gasteiger partial charge on any atom is 0.358 e. The van der Waals surface area contributed by atoms with Crippen molar-refractivity contribution in [3.8, 4) is 0 Å². The lowest BCUT2D eigenvalue weighted by Gasteiger charge is -2.12. The first-order valence-electron chi connectivity index (χ1n) is 8.06. The van der Waals surface area contributed by atoms with Crippen LogP contribution in [0.3, 0.4) is 0 Å². The van der Waals surface area contributed by atoms with E-state index < -0.39 is 24.4 Å². The van der Waals surface area contributed by atoms with Gasteiger partial charge in [0.2, 0.25) is 0 Å². The molecule has 1 aliphatic rings. The van der Waals surface area contributed by atoms with Gasteiger partial charge in [0, 0.05) is 19.3 Å². The molecule has 0 atom stereocenters. The van der Waals surface area contributed by atoms with E-state index in [4.69, 9.17) is 4.74 Å². The van der Waals surface area contributed by atoms with E-state index in [1.54, 1.807) is 0 Å². The molecule has 1 heterocycles. The normalized spacial score (nSPS) is 14.7. The molecule has 0 unspecified atom stereocenters. The Morgan fingerprint density at radius 2 is 1.70 bits per heavy atom. The van der Waals surface area contributed by atoms with Gasteiger partial charge in [0.15, 0.2) is 5.78 Å². The molecule has 130 valence electrons. The van der Waals surface area contributed by atoms with Crippen LogP contribution in [0.1, 0.15) is 58.8 Å². The van der Waals surface area contributed by atoms with Crippen molar-refractivity contribution in [2.24, 2.45) is 5.92 Å². The first-order chi connectivity index (χ1) is 10.9. The van der Waals surface area contributed by atoms with Crippen LogP contribution in [0.25, 0.3) is 0 Å². The molecule has 0 radical (unpaired) electrons. The molecule has 0 N–H and O–H groups in total. The summed E-state index contributed by atoms with van der Waals surface area (Å²) in [6.45, 7) is 3.71. The van der Waals surface area contributed by atoms with Gasteiger partial charge in [0.05, 0.1) is 0 Å². The van der Waals surface area contributed by atoms with E-state index in [1.807, 2.05) is 0 Å². The van der Waals surface area contributed by atoms with Gasteiger partial charge in [-0.15, -0.1) is 5.06 Å². The molecule has 7 nitrogen and oxygen atoms in total. The predicted octanol–water partition coefficient (Wildman–Crippen LogP) is 1.79. The summed E-state index contributed by atoms with van der Waals surface area (Å²) in [5.41, 5.74) is 0. The van der Waals surface area contributed by atoms with E-state index in [0.717, 1.165) is 25.7 Å². The number of nitrogens with zero attached hydrogens (tertiary/aromatic N) is 1. The fourth-order valence-electron chi connectivity index (χ4n) is 2.16. The first-order valence-corrected chi connectivity index (χ1v) is 8.06. The van der Waals surface area contributed by atoms with Crippen molar-refractivity contribution < 1.29 is 28.8 Å². The average Bonchev–Trinajstić information content (AvgIpc) is 2.78.